The van der Waals surface area contributed by atoms with Gasteiger partial charge in [-0.05, 0) is 13.0 Å². The highest BCUT2D eigenvalue weighted by Crippen LogP contribution is 2.43. The van der Waals surface area contributed by atoms with Gasteiger partial charge in [-0.2, -0.15) is 5.26 Å². The van der Waals surface area contributed by atoms with Crippen LogP contribution < -0.4 is 5.32 Å². The van der Waals surface area contributed by atoms with Gasteiger partial charge in [0.1, 0.15) is 0 Å². The second-order valence-corrected chi connectivity index (χ2v) is 2.52. The summed E-state index contributed by atoms with van der Waals surface area (Å²) in [6.45, 7) is 2.05. The Kier molecular flexibility index (Phi) is 0.425. The van der Waals surface area contributed by atoms with E-state index in [1.807, 2.05) is 6.08 Å². The number of hydrogen-bond acceptors (Lipinski definition) is 2. The van der Waals surface area contributed by atoms with Gasteiger partial charge in [0, 0.05) is 5.57 Å². The molecule has 40 valence electrons. The maximum atomic E-state index is 8.39. The number of fused-ring (bicyclic) bond motifs is 1. The van der Waals surface area contributed by atoms with Crippen LogP contribution in [0.5, 0.6) is 0 Å². The maximum Gasteiger partial charge on any atom is 0.0964 e. The summed E-state index contributed by atoms with van der Waals surface area (Å²) in [4.78, 5) is 0. The molecule has 0 aromatic heterocycles. The number of nitrogens with zero attached hydrogens (tertiary/aromatic N) is 1. The van der Waals surface area contributed by atoms with Crippen molar-refractivity contribution < 1.29 is 0 Å². The van der Waals surface area contributed by atoms with Crippen molar-refractivity contribution in [2.24, 2.45) is 0 Å². The molecule has 8 heavy (non-hydrogen) atoms. The van der Waals surface area contributed by atoms with Crippen LogP contribution >= 0.6 is 0 Å². The first-order valence-corrected chi connectivity index (χ1v) is 2.67. The van der Waals surface area contributed by atoms with Gasteiger partial charge < -0.3 is 0 Å². The highest BCUT2D eigenvalue weighted by molar-refractivity contribution is 5.55. The van der Waals surface area contributed by atoms with E-state index in [9.17, 15) is 0 Å². The molecule has 2 nitrogen and oxygen atoms in total. The van der Waals surface area contributed by atoms with E-state index in [-0.39, 0.29) is 5.54 Å². The molecule has 1 saturated heterocycles. The second kappa shape index (κ2) is 0.828. The molecule has 0 saturated carbocycles. The van der Waals surface area contributed by atoms with Crippen LogP contribution in [0.1, 0.15) is 6.92 Å². The lowest BCUT2D eigenvalue weighted by Gasteiger charge is -2.11. The molecule has 1 aliphatic heterocycles. The molecular formula is C6H6N2. The van der Waals surface area contributed by atoms with Crippen molar-refractivity contribution in [1.29, 1.82) is 5.26 Å². The smallest absolute Gasteiger partial charge is 0.0964 e. The number of nitrogens with one attached hydrogen (secondary N) is 1. The highest BCUT2D eigenvalue weighted by atomic mass is 15.2. The van der Waals surface area contributed by atoms with Gasteiger partial charge in [0.25, 0.3) is 0 Å². The van der Waals surface area contributed by atoms with Crippen LogP contribution in [0.3, 0.4) is 0 Å². The minimum atomic E-state index is 0.106. The average molecular weight is 106 g/mol. The van der Waals surface area contributed by atoms with Crippen molar-refractivity contribution in [3.05, 3.63) is 11.6 Å². The molecule has 2 aliphatic rings. The minimum absolute atomic E-state index is 0.106. The van der Waals surface area contributed by atoms with Crippen molar-refractivity contribution in [3.8, 4) is 6.07 Å². The zero-order valence-corrected chi connectivity index (χ0v) is 4.60. The molecular weight excluding hydrogens is 100 g/mol. The summed E-state index contributed by atoms with van der Waals surface area (Å²) in [7, 11) is 0. The van der Waals surface area contributed by atoms with E-state index in [2.05, 4.69) is 18.3 Å². The van der Waals surface area contributed by atoms with Crippen LogP contribution in [-0.4, -0.2) is 11.6 Å². The zero-order valence-electron chi connectivity index (χ0n) is 4.60. The predicted octanol–water partition coefficient (Wildman–Crippen LogP) is 0.180. The predicted molar refractivity (Wildman–Crippen MR) is 29.0 cm³/mol. The summed E-state index contributed by atoms with van der Waals surface area (Å²) in [5.41, 5.74) is 1.01. The lowest BCUT2D eigenvalue weighted by Crippen LogP contribution is -2.20. The van der Waals surface area contributed by atoms with Crippen LogP contribution in [0, 0.1) is 11.3 Å². The third-order valence-corrected chi connectivity index (χ3v) is 2.01. The summed E-state index contributed by atoms with van der Waals surface area (Å²) in [5, 5.41) is 11.6. The molecule has 0 aromatic carbocycles. The summed E-state index contributed by atoms with van der Waals surface area (Å²) in [5.74, 6) is 0. The molecule has 1 aliphatic carbocycles. The number of nitriles is 1. The number of hydrogen-bond donors (Lipinski definition) is 1. The molecule has 0 radical (unpaired) electrons. The van der Waals surface area contributed by atoms with E-state index in [1.165, 1.54) is 0 Å². The van der Waals surface area contributed by atoms with Gasteiger partial charge in [-0.15, -0.1) is 0 Å². The normalized spacial score (nSPS) is 48.0. The summed E-state index contributed by atoms with van der Waals surface area (Å²) in [6, 6.07) is 2.66. The monoisotopic (exact) mass is 106 g/mol. The molecule has 2 rings (SSSR count). The van der Waals surface area contributed by atoms with E-state index in [4.69, 9.17) is 5.26 Å². The van der Waals surface area contributed by atoms with Gasteiger partial charge in [0.15, 0.2) is 0 Å². The summed E-state index contributed by atoms with van der Waals surface area (Å²) >= 11 is 0. The van der Waals surface area contributed by atoms with Crippen molar-refractivity contribution in [2.45, 2.75) is 18.5 Å². The van der Waals surface area contributed by atoms with Crippen LogP contribution in [0.25, 0.3) is 0 Å². The molecule has 0 bridgehead atoms. The zero-order chi connectivity index (χ0) is 5.78. The van der Waals surface area contributed by atoms with Crippen LogP contribution in [0.2, 0.25) is 0 Å². The van der Waals surface area contributed by atoms with Crippen molar-refractivity contribution in [1.82, 2.24) is 5.32 Å². The van der Waals surface area contributed by atoms with E-state index in [1.54, 1.807) is 0 Å². The van der Waals surface area contributed by atoms with Gasteiger partial charge in [-0.1, -0.05) is 0 Å². The van der Waals surface area contributed by atoms with Crippen LogP contribution in [0.4, 0.5) is 0 Å². The van der Waals surface area contributed by atoms with Crippen molar-refractivity contribution in [2.75, 3.05) is 0 Å². The third-order valence-electron chi connectivity index (χ3n) is 2.01. The Hall–Kier alpha value is -0.810. The molecule has 1 fully saturated rings. The molecule has 2 heteroatoms. The Labute approximate surface area is 47.8 Å². The molecule has 0 amide bonds. The Bertz CT molecular complexity index is 211. The summed E-state index contributed by atoms with van der Waals surface area (Å²) < 4.78 is 0. The SMILES string of the molecule is CC12NC1C=C2C#N. The first kappa shape index (κ1) is 4.11. The Morgan fingerprint density at radius 2 is 2.75 bits per heavy atom. The topological polar surface area (TPSA) is 45.7 Å². The second-order valence-electron chi connectivity index (χ2n) is 2.52. The minimum Gasteiger partial charge on any atom is -0.297 e. The Morgan fingerprint density at radius 1 is 2.00 bits per heavy atom. The van der Waals surface area contributed by atoms with Crippen molar-refractivity contribution >= 4 is 0 Å². The quantitative estimate of drug-likeness (QED) is 0.448. The molecule has 2 unspecified atom stereocenters. The first-order valence-electron chi connectivity index (χ1n) is 2.67. The van der Waals surface area contributed by atoms with Gasteiger partial charge in [0.2, 0.25) is 0 Å². The van der Waals surface area contributed by atoms with Gasteiger partial charge >= 0.3 is 0 Å². The molecule has 2 atom stereocenters. The fraction of sp³-hybridized carbons (Fsp3) is 0.500. The van der Waals surface area contributed by atoms with Crippen LogP contribution in [-0.2, 0) is 0 Å². The Morgan fingerprint density at radius 3 is 2.88 bits per heavy atom. The van der Waals surface area contributed by atoms with E-state index < -0.39 is 0 Å². The summed E-state index contributed by atoms with van der Waals surface area (Å²) in [6.07, 6.45) is 1.97. The molecule has 0 aromatic rings. The van der Waals surface area contributed by atoms with Gasteiger partial charge in [-0.25, -0.2) is 0 Å². The fourth-order valence-electron chi connectivity index (χ4n) is 1.13. The highest BCUT2D eigenvalue weighted by Gasteiger charge is 2.58. The standard InChI is InChI=1S/C6H6N2/c1-6-4(3-7)2-5(6)8-6/h2,5,8H,1H3. The van der Waals surface area contributed by atoms with E-state index in [0.717, 1.165) is 5.57 Å². The average Bonchev–Trinajstić information content (AvgIpc) is 2.21. The van der Waals surface area contributed by atoms with Gasteiger partial charge in [0.05, 0.1) is 17.6 Å². The van der Waals surface area contributed by atoms with Crippen molar-refractivity contribution in [3.63, 3.8) is 0 Å². The molecule has 1 heterocycles. The lowest BCUT2D eigenvalue weighted by atomic mass is 9.87. The Balaban J connectivity index is 2.36. The molecule has 1 N–H and O–H groups in total. The molecule has 0 spiro atoms. The fourth-order valence-corrected chi connectivity index (χ4v) is 1.13. The van der Waals surface area contributed by atoms with E-state index in [0.29, 0.717) is 6.04 Å². The van der Waals surface area contributed by atoms with Crippen LogP contribution in [0.15, 0.2) is 11.6 Å². The maximum absolute atomic E-state index is 8.39. The first-order chi connectivity index (χ1) is 3.77. The largest absolute Gasteiger partial charge is 0.297 e. The van der Waals surface area contributed by atoms with Gasteiger partial charge in [-0.3, -0.25) is 5.32 Å². The number of rotatable bonds is 0. The lowest BCUT2D eigenvalue weighted by molar-refractivity contribution is 0.783. The third kappa shape index (κ3) is 0.224. The van der Waals surface area contributed by atoms with E-state index >= 15 is 0 Å².